The summed E-state index contributed by atoms with van der Waals surface area (Å²) in [5.41, 5.74) is 0.500. The maximum atomic E-state index is 10.6. The molecular weight excluding hydrogens is 170 g/mol. The van der Waals surface area contributed by atoms with Crippen molar-refractivity contribution >= 4 is 11.8 Å². The van der Waals surface area contributed by atoms with Crippen LogP contribution in [0, 0.1) is 0 Å². The molecule has 1 rings (SSSR count). The lowest BCUT2D eigenvalue weighted by Crippen LogP contribution is -2.27. The molecule has 1 aromatic rings. The van der Waals surface area contributed by atoms with Gasteiger partial charge in [0.15, 0.2) is 0 Å². The minimum absolute atomic E-state index is 0.109. The highest BCUT2D eigenvalue weighted by atomic mass is 16.4. The molecule has 0 unspecified atom stereocenters. The number of phenolic OH excluding ortho intramolecular Hbond substituents is 1. The van der Waals surface area contributed by atoms with Gasteiger partial charge in [0.1, 0.15) is 5.75 Å². The van der Waals surface area contributed by atoms with Crippen LogP contribution in [0.5, 0.6) is 5.75 Å². The van der Waals surface area contributed by atoms with Crippen molar-refractivity contribution in [3.05, 3.63) is 24.3 Å². The van der Waals surface area contributed by atoms with Crippen molar-refractivity contribution in [1.82, 2.24) is 0 Å². The van der Waals surface area contributed by atoms with Crippen LogP contribution in [0.3, 0.4) is 0 Å². The number of anilines is 1. The number of benzene rings is 1. The van der Waals surface area contributed by atoms with Crippen LogP contribution >= 0.6 is 0 Å². The van der Waals surface area contributed by atoms with Crippen molar-refractivity contribution in [2.24, 2.45) is 0 Å². The first-order valence-electron chi connectivity index (χ1n) is 3.92. The molecule has 0 spiro atoms. The molecule has 4 heteroatoms. The first-order valence-corrected chi connectivity index (χ1v) is 3.92. The van der Waals surface area contributed by atoms with Crippen LogP contribution in [0.1, 0.15) is 6.92 Å². The van der Waals surface area contributed by atoms with Gasteiger partial charge in [-0.25, -0.2) is 9.90 Å². The number of nitrogens with zero attached hydrogens (tertiary/aromatic N) is 1. The molecule has 0 bridgehead atoms. The lowest BCUT2D eigenvalue weighted by atomic mass is 10.3. The summed E-state index contributed by atoms with van der Waals surface area (Å²) >= 11 is 0. The molecule has 0 saturated carbocycles. The van der Waals surface area contributed by atoms with Gasteiger partial charge < -0.3 is 5.11 Å². The van der Waals surface area contributed by atoms with Gasteiger partial charge in [0.25, 0.3) is 0 Å². The third kappa shape index (κ3) is 2.11. The second-order valence-corrected chi connectivity index (χ2v) is 2.53. The van der Waals surface area contributed by atoms with Crippen LogP contribution in [0.15, 0.2) is 24.3 Å². The van der Waals surface area contributed by atoms with Gasteiger partial charge in [-0.05, 0) is 31.2 Å². The maximum Gasteiger partial charge on any atom is 0.457 e. The molecular formula is C9H10NO3. The Morgan fingerprint density at radius 2 is 1.92 bits per heavy atom. The number of carbonyl (C=O) groups is 1. The van der Waals surface area contributed by atoms with Gasteiger partial charge >= 0.3 is 6.09 Å². The van der Waals surface area contributed by atoms with Gasteiger partial charge in [-0.3, -0.25) is 4.90 Å². The summed E-state index contributed by atoms with van der Waals surface area (Å²) in [7, 11) is 0. The highest BCUT2D eigenvalue weighted by Gasteiger charge is 2.12. The smallest absolute Gasteiger partial charge is 0.457 e. The molecule has 4 nitrogen and oxygen atoms in total. The van der Waals surface area contributed by atoms with Gasteiger partial charge in [0.2, 0.25) is 0 Å². The van der Waals surface area contributed by atoms with Crippen LogP contribution in [0.25, 0.3) is 0 Å². The number of phenols is 1. The third-order valence-corrected chi connectivity index (χ3v) is 1.70. The molecule has 0 aliphatic carbocycles. The van der Waals surface area contributed by atoms with E-state index in [-0.39, 0.29) is 5.75 Å². The zero-order chi connectivity index (χ0) is 9.84. The van der Waals surface area contributed by atoms with Crippen LogP contribution in [-0.2, 0) is 5.11 Å². The number of rotatable bonds is 2. The standard InChI is InChI=1S/C9H10NO3/c1-2-10(9(12)13)7-3-5-8(11)6-4-7/h3-6,11H,2H2,1H3. The van der Waals surface area contributed by atoms with Crippen molar-refractivity contribution in [1.29, 1.82) is 0 Å². The van der Waals surface area contributed by atoms with E-state index in [9.17, 15) is 9.90 Å². The van der Waals surface area contributed by atoms with E-state index in [1.54, 1.807) is 6.92 Å². The zero-order valence-corrected chi connectivity index (χ0v) is 7.23. The highest BCUT2D eigenvalue weighted by Crippen LogP contribution is 2.18. The Morgan fingerprint density at radius 1 is 1.38 bits per heavy atom. The summed E-state index contributed by atoms with van der Waals surface area (Å²) in [6, 6.07) is 5.91. The summed E-state index contributed by atoms with van der Waals surface area (Å²) in [6.45, 7) is 2.04. The molecule has 69 valence electrons. The molecule has 1 amide bonds. The molecule has 0 aromatic heterocycles. The van der Waals surface area contributed by atoms with Crippen molar-refractivity contribution in [2.75, 3.05) is 11.4 Å². The van der Waals surface area contributed by atoms with E-state index in [0.717, 1.165) is 4.90 Å². The molecule has 0 saturated heterocycles. The number of hydrogen-bond acceptors (Lipinski definition) is 2. The van der Waals surface area contributed by atoms with E-state index >= 15 is 0 Å². The van der Waals surface area contributed by atoms with E-state index in [1.165, 1.54) is 24.3 Å². The number of carbonyl (C=O) groups excluding carboxylic acids is 1. The second kappa shape index (κ2) is 3.80. The average Bonchev–Trinajstić information content (AvgIpc) is 2.09. The SMILES string of the molecule is CCN(C([O])=O)c1ccc(O)cc1. The van der Waals surface area contributed by atoms with Crippen LogP contribution in [-0.4, -0.2) is 17.7 Å². The largest absolute Gasteiger partial charge is 0.508 e. The number of amides is 1. The van der Waals surface area contributed by atoms with E-state index in [0.29, 0.717) is 12.2 Å². The molecule has 13 heavy (non-hydrogen) atoms. The number of aromatic hydroxyl groups is 1. The third-order valence-electron chi connectivity index (χ3n) is 1.70. The first-order chi connectivity index (χ1) is 6.15. The molecule has 0 atom stereocenters. The fourth-order valence-electron chi connectivity index (χ4n) is 1.05. The predicted molar refractivity (Wildman–Crippen MR) is 47.2 cm³/mol. The lowest BCUT2D eigenvalue weighted by Gasteiger charge is -2.14. The summed E-state index contributed by atoms with van der Waals surface area (Å²) in [4.78, 5) is 11.7. The Balaban J connectivity index is 2.92. The fourth-order valence-corrected chi connectivity index (χ4v) is 1.05. The van der Waals surface area contributed by atoms with E-state index < -0.39 is 6.09 Å². The number of hydrogen-bond donors (Lipinski definition) is 1. The summed E-state index contributed by atoms with van der Waals surface area (Å²) in [5.74, 6) is 0.109. The summed E-state index contributed by atoms with van der Waals surface area (Å²) < 4.78 is 0. The minimum Gasteiger partial charge on any atom is -0.508 e. The normalized spacial score (nSPS) is 9.62. The molecule has 0 aliphatic rings. The Morgan fingerprint density at radius 3 is 2.31 bits per heavy atom. The van der Waals surface area contributed by atoms with E-state index in [1.807, 2.05) is 0 Å². The van der Waals surface area contributed by atoms with Gasteiger partial charge in [-0.2, -0.15) is 0 Å². The van der Waals surface area contributed by atoms with Crippen molar-refractivity contribution in [3.8, 4) is 5.75 Å². The summed E-state index contributed by atoms with van der Waals surface area (Å²) in [5, 5.41) is 19.5. The Labute approximate surface area is 76.0 Å². The van der Waals surface area contributed by atoms with Crippen LogP contribution in [0.4, 0.5) is 10.5 Å². The molecule has 0 aliphatic heterocycles. The molecule has 0 heterocycles. The predicted octanol–water partition coefficient (Wildman–Crippen LogP) is 1.77. The lowest BCUT2D eigenvalue weighted by molar-refractivity contribution is 0.177. The second-order valence-electron chi connectivity index (χ2n) is 2.53. The quantitative estimate of drug-likeness (QED) is 0.753. The van der Waals surface area contributed by atoms with Crippen molar-refractivity contribution < 1.29 is 15.0 Å². The van der Waals surface area contributed by atoms with Crippen molar-refractivity contribution in [3.63, 3.8) is 0 Å². The van der Waals surface area contributed by atoms with Gasteiger partial charge in [0.05, 0.1) is 0 Å². The van der Waals surface area contributed by atoms with Crippen LogP contribution < -0.4 is 4.90 Å². The molecule has 1 N–H and O–H groups in total. The Kier molecular flexibility index (Phi) is 2.74. The molecule has 0 fully saturated rings. The monoisotopic (exact) mass is 180 g/mol. The maximum absolute atomic E-state index is 10.6. The minimum atomic E-state index is -1.24. The topological polar surface area (TPSA) is 60.4 Å². The molecule has 1 radical (unpaired) electrons. The summed E-state index contributed by atoms with van der Waals surface area (Å²) in [6.07, 6.45) is -1.24. The average molecular weight is 180 g/mol. The van der Waals surface area contributed by atoms with E-state index in [4.69, 9.17) is 5.11 Å². The van der Waals surface area contributed by atoms with Crippen molar-refractivity contribution in [2.45, 2.75) is 6.92 Å². The molecule has 1 aromatic carbocycles. The zero-order valence-electron chi connectivity index (χ0n) is 7.23. The van der Waals surface area contributed by atoms with Gasteiger partial charge in [-0.15, -0.1) is 0 Å². The fraction of sp³-hybridized carbons (Fsp3) is 0.222. The van der Waals surface area contributed by atoms with Gasteiger partial charge in [0, 0.05) is 12.2 Å². The Hall–Kier alpha value is -1.71. The van der Waals surface area contributed by atoms with Gasteiger partial charge in [-0.1, -0.05) is 0 Å². The van der Waals surface area contributed by atoms with E-state index in [2.05, 4.69) is 0 Å². The highest BCUT2D eigenvalue weighted by molar-refractivity contribution is 5.85. The Bertz CT molecular complexity index is 294. The first kappa shape index (κ1) is 9.38. The van der Waals surface area contributed by atoms with Crippen LogP contribution in [0.2, 0.25) is 0 Å².